The van der Waals surface area contributed by atoms with Gasteiger partial charge in [0.05, 0.1) is 0 Å². The molecule has 0 bridgehead atoms. The molecular weight excluding hydrogens is 410 g/mol. The molecule has 33 heavy (non-hydrogen) atoms. The SMILES string of the molecule is CNCC(CC1CCCCC1)NC(=O)N1CCC[C@@H]([C@@H](CCCCOC)C2CCCCC2)C1. The largest absolute Gasteiger partial charge is 0.385 e. The summed E-state index contributed by atoms with van der Waals surface area (Å²) in [5.41, 5.74) is 0. The van der Waals surface area contributed by atoms with Gasteiger partial charge in [-0.05, 0) is 62.8 Å². The number of hydrogen-bond acceptors (Lipinski definition) is 3. The summed E-state index contributed by atoms with van der Waals surface area (Å²) in [6, 6.07) is 0.451. The summed E-state index contributed by atoms with van der Waals surface area (Å²) in [4.78, 5) is 15.5. The smallest absolute Gasteiger partial charge is 0.317 e. The number of amides is 2. The van der Waals surface area contributed by atoms with Gasteiger partial charge in [-0.2, -0.15) is 0 Å². The lowest BCUT2D eigenvalue weighted by Crippen LogP contribution is -2.52. The third-order valence-electron chi connectivity index (χ3n) is 8.86. The highest BCUT2D eigenvalue weighted by atomic mass is 16.5. The Kier molecular flexibility index (Phi) is 12.4. The van der Waals surface area contributed by atoms with Crippen LogP contribution in [0.2, 0.25) is 0 Å². The first-order valence-corrected chi connectivity index (χ1v) is 14.4. The Hall–Kier alpha value is -0.810. The highest BCUT2D eigenvalue weighted by Crippen LogP contribution is 2.40. The molecule has 5 nitrogen and oxygen atoms in total. The second kappa shape index (κ2) is 15.2. The molecule has 1 saturated heterocycles. The fourth-order valence-electron chi connectivity index (χ4n) is 7.12. The van der Waals surface area contributed by atoms with Crippen LogP contribution in [-0.2, 0) is 4.74 Å². The topological polar surface area (TPSA) is 53.6 Å². The number of likely N-dealkylation sites (tertiary alicyclic amines) is 1. The van der Waals surface area contributed by atoms with Crippen LogP contribution in [-0.4, -0.2) is 57.4 Å². The zero-order valence-corrected chi connectivity index (χ0v) is 21.8. The normalized spacial score (nSPS) is 25.0. The van der Waals surface area contributed by atoms with Crippen LogP contribution < -0.4 is 10.6 Å². The molecule has 0 radical (unpaired) electrons. The van der Waals surface area contributed by atoms with Crippen molar-refractivity contribution in [2.24, 2.45) is 23.7 Å². The number of hydrogen-bond donors (Lipinski definition) is 2. The molecule has 2 amide bonds. The number of likely N-dealkylation sites (N-methyl/N-ethyl adjacent to an activating group) is 1. The van der Waals surface area contributed by atoms with E-state index in [9.17, 15) is 4.79 Å². The molecule has 3 rings (SSSR count). The van der Waals surface area contributed by atoms with Gasteiger partial charge in [-0.3, -0.25) is 0 Å². The number of ether oxygens (including phenoxy) is 1. The number of carbonyl (C=O) groups is 1. The van der Waals surface area contributed by atoms with Crippen molar-refractivity contribution in [3.05, 3.63) is 0 Å². The standard InChI is InChI=1S/C28H53N3O2/c1-29-21-26(20-23-12-5-3-6-13-23)30-28(32)31-18-11-16-25(22-31)27(17-9-10-19-33-2)24-14-7-4-8-15-24/h23-27,29H,3-22H2,1-2H3,(H,30,32)/t25-,26?,27+/m1/s1. The van der Waals surface area contributed by atoms with Gasteiger partial charge in [0.2, 0.25) is 0 Å². The van der Waals surface area contributed by atoms with Gasteiger partial charge >= 0.3 is 6.03 Å². The second-order valence-electron chi connectivity index (χ2n) is 11.3. The number of nitrogens with zero attached hydrogens (tertiary/aromatic N) is 1. The van der Waals surface area contributed by atoms with E-state index >= 15 is 0 Å². The van der Waals surface area contributed by atoms with Gasteiger partial charge in [-0.1, -0.05) is 70.6 Å². The number of carbonyl (C=O) groups excluding carboxylic acids is 1. The first-order chi connectivity index (χ1) is 16.2. The zero-order valence-electron chi connectivity index (χ0n) is 21.8. The van der Waals surface area contributed by atoms with Crippen LogP contribution in [0.3, 0.4) is 0 Å². The lowest BCUT2D eigenvalue weighted by atomic mass is 9.70. The molecule has 2 aliphatic carbocycles. The third kappa shape index (κ3) is 9.05. The molecular formula is C28H53N3O2. The summed E-state index contributed by atoms with van der Waals surface area (Å²) in [6.45, 7) is 3.65. The fraction of sp³-hybridized carbons (Fsp3) is 0.964. The molecule has 5 heteroatoms. The summed E-state index contributed by atoms with van der Waals surface area (Å²) in [5.74, 6) is 3.12. The van der Waals surface area contributed by atoms with E-state index < -0.39 is 0 Å². The van der Waals surface area contributed by atoms with Crippen molar-refractivity contribution in [3.63, 3.8) is 0 Å². The molecule has 0 aromatic heterocycles. The van der Waals surface area contributed by atoms with E-state index in [4.69, 9.17) is 4.74 Å². The molecule has 2 N–H and O–H groups in total. The zero-order chi connectivity index (χ0) is 23.3. The van der Waals surface area contributed by atoms with Crippen LogP contribution in [0.15, 0.2) is 0 Å². The van der Waals surface area contributed by atoms with Crippen molar-refractivity contribution in [1.82, 2.24) is 15.5 Å². The molecule has 1 unspecified atom stereocenters. The maximum absolute atomic E-state index is 13.3. The van der Waals surface area contributed by atoms with E-state index in [1.807, 2.05) is 14.2 Å². The van der Waals surface area contributed by atoms with Gasteiger partial charge in [0.25, 0.3) is 0 Å². The van der Waals surface area contributed by atoms with E-state index in [-0.39, 0.29) is 12.1 Å². The second-order valence-corrected chi connectivity index (χ2v) is 11.3. The van der Waals surface area contributed by atoms with Crippen molar-refractivity contribution >= 4 is 6.03 Å². The number of methoxy groups -OCH3 is 1. The first kappa shape index (κ1) is 26.8. The first-order valence-electron chi connectivity index (χ1n) is 14.4. The number of piperidine rings is 1. The summed E-state index contributed by atoms with van der Waals surface area (Å²) in [6.07, 6.45) is 21.2. The minimum atomic E-state index is 0.192. The van der Waals surface area contributed by atoms with E-state index in [0.717, 1.165) is 50.4 Å². The van der Waals surface area contributed by atoms with Crippen molar-refractivity contribution in [1.29, 1.82) is 0 Å². The number of nitrogens with one attached hydrogen (secondary N) is 2. The van der Waals surface area contributed by atoms with Crippen molar-refractivity contribution in [2.45, 2.75) is 109 Å². The Labute approximate surface area is 204 Å². The highest BCUT2D eigenvalue weighted by Gasteiger charge is 2.34. The van der Waals surface area contributed by atoms with Gasteiger partial charge in [-0.15, -0.1) is 0 Å². The van der Waals surface area contributed by atoms with Gasteiger partial charge in [-0.25, -0.2) is 4.79 Å². The van der Waals surface area contributed by atoms with Crippen molar-refractivity contribution < 1.29 is 9.53 Å². The lowest BCUT2D eigenvalue weighted by molar-refractivity contribution is 0.0908. The number of unbranched alkanes of at least 4 members (excludes halogenated alkanes) is 1. The Morgan fingerprint density at radius 2 is 1.64 bits per heavy atom. The Morgan fingerprint density at radius 3 is 2.33 bits per heavy atom. The Bertz CT molecular complexity index is 531. The van der Waals surface area contributed by atoms with Crippen LogP contribution in [0.1, 0.15) is 103 Å². The van der Waals surface area contributed by atoms with E-state index in [1.165, 1.54) is 96.3 Å². The Balaban J connectivity index is 1.55. The maximum Gasteiger partial charge on any atom is 0.317 e. The predicted octanol–water partition coefficient (Wildman–Crippen LogP) is 5.98. The molecule has 0 aromatic rings. The quantitative estimate of drug-likeness (QED) is 0.350. The molecule has 3 atom stereocenters. The van der Waals surface area contributed by atoms with E-state index in [1.54, 1.807) is 0 Å². The van der Waals surface area contributed by atoms with Gasteiger partial charge in [0.1, 0.15) is 0 Å². The highest BCUT2D eigenvalue weighted by molar-refractivity contribution is 5.74. The van der Waals surface area contributed by atoms with Crippen LogP contribution in [0, 0.1) is 23.7 Å². The minimum Gasteiger partial charge on any atom is -0.385 e. The summed E-state index contributed by atoms with van der Waals surface area (Å²) in [7, 11) is 3.82. The number of urea groups is 1. The van der Waals surface area contributed by atoms with Gasteiger partial charge in [0, 0.05) is 39.4 Å². The molecule has 3 fully saturated rings. The van der Waals surface area contributed by atoms with Crippen molar-refractivity contribution in [3.8, 4) is 0 Å². The minimum absolute atomic E-state index is 0.192. The van der Waals surface area contributed by atoms with Gasteiger partial charge < -0.3 is 20.3 Å². The summed E-state index contributed by atoms with van der Waals surface area (Å²) >= 11 is 0. The van der Waals surface area contributed by atoms with Crippen LogP contribution in [0.4, 0.5) is 4.79 Å². The molecule has 1 aliphatic heterocycles. The Morgan fingerprint density at radius 1 is 0.939 bits per heavy atom. The van der Waals surface area contributed by atoms with Crippen LogP contribution in [0.5, 0.6) is 0 Å². The van der Waals surface area contributed by atoms with Crippen LogP contribution >= 0.6 is 0 Å². The molecule has 2 saturated carbocycles. The summed E-state index contributed by atoms with van der Waals surface area (Å²) < 4.78 is 5.31. The average Bonchev–Trinajstić information content (AvgIpc) is 2.85. The molecule has 3 aliphatic rings. The van der Waals surface area contributed by atoms with Crippen molar-refractivity contribution in [2.75, 3.05) is 40.4 Å². The summed E-state index contributed by atoms with van der Waals surface area (Å²) in [5, 5.41) is 6.77. The predicted molar refractivity (Wildman–Crippen MR) is 138 cm³/mol. The number of rotatable bonds is 12. The molecule has 1 heterocycles. The third-order valence-corrected chi connectivity index (χ3v) is 8.86. The lowest BCUT2D eigenvalue weighted by Gasteiger charge is -2.42. The van der Waals surface area contributed by atoms with E-state index in [2.05, 4.69) is 15.5 Å². The maximum atomic E-state index is 13.3. The fourth-order valence-corrected chi connectivity index (χ4v) is 7.12. The van der Waals surface area contributed by atoms with Gasteiger partial charge in [0.15, 0.2) is 0 Å². The molecule has 192 valence electrons. The average molecular weight is 464 g/mol. The molecule has 0 spiro atoms. The van der Waals surface area contributed by atoms with Crippen LogP contribution in [0.25, 0.3) is 0 Å². The molecule has 0 aromatic carbocycles. The monoisotopic (exact) mass is 463 g/mol. The van der Waals surface area contributed by atoms with E-state index in [0.29, 0.717) is 5.92 Å².